The van der Waals surface area contributed by atoms with Crippen LogP contribution in [0.2, 0.25) is 0 Å². The molecule has 1 aromatic rings. The van der Waals surface area contributed by atoms with Crippen molar-refractivity contribution in [3.8, 4) is 0 Å². The van der Waals surface area contributed by atoms with Gasteiger partial charge in [0, 0.05) is 12.6 Å². The van der Waals surface area contributed by atoms with Gasteiger partial charge in [-0.1, -0.05) is 13.8 Å². The van der Waals surface area contributed by atoms with Gasteiger partial charge in [-0.25, -0.2) is 0 Å². The van der Waals surface area contributed by atoms with E-state index >= 15 is 0 Å². The fourth-order valence-corrected chi connectivity index (χ4v) is 2.49. The molecule has 1 fully saturated rings. The smallest absolute Gasteiger partial charge is 0.253 e. The van der Waals surface area contributed by atoms with Gasteiger partial charge in [-0.3, -0.25) is 0 Å². The molecule has 0 amide bonds. The molecule has 0 saturated carbocycles. The molecule has 2 nitrogen and oxygen atoms in total. The molecule has 6 heteroatoms. The molecular formula is C12H14F4N2. The fraction of sp³-hybridized carbons (Fsp3) is 0.583. The van der Waals surface area contributed by atoms with Gasteiger partial charge in [-0.05, 0) is 18.8 Å². The molecule has 1 saturated heterocycles. The molecule has 100 valence electrons. The third-order valence-corrected chi connectivity index (χ3v) is 3.33. The van der Waals surface area contributed by atoms with Crippen molar-refractivity contribution in [2.45, 2.75) is 32.7 Å². The predicted octanol–water partition coefficient (Wildman–Crippen LogP) is 3.26. The van der Waals surface area contributed by atoms with E-state index in [-0.39, 0.29) is 12.0 Å². The highest BCUT2D eigenvalue weighted by molar-refractivity contribution is 5.50. The minimum absolute atomic E-state index is 0.116. The van der Waals surface area contributed by atoms with Crippen LogP contribution in [-0.4, -0.2) is 17.6 Å². The second-order valence-electron chi connectivity index (χ2n) is 4.82. The topological polar surface area (TPSA) is 16.1 Å². The number of aromatic nitrogens is 1. The predicted molar refractivity (Wildman–Crippen MR) is 59.3 cm³/mol. The van der Waals surface area contributed by atoms with Crippen LogP contribution >= 0.6 is 0 Å². The zero-order valence-electron chi connectivity index (χ0n) is 10.2. The van der Waals surface area contributed by atoms with Crippen LogP contribution < -0.4 is 4.90 Å². The van der Waals surface area contributed by atoms with Gasteiger partial charge in [-0.15, -0.1) is 0 Å². The minimum atomic E-state index is -1.60. The van der Waals surface area contributed by atoms with Crippen molar-refractivity contribution >= 4 is 5.69 Å². The van der Waals surface area contributed by atoms with Crippen LogP contribution in [0, 0.1) is 29.4 Å². The van der Waals surface area contributed by atoms with Crippen LogP contribution in [0.3, 0.4) is 0 Å². The molecule has 0 N–H and O–H groups in total. The minimum Gasteiger partial charge on any atom is -0.363 e. The summed E-state index contributed by atoms with van der Waals surface area (Å²) in [7, 11) is 0. The first kappa shape index (κ1) is 13.1. The number of pyridine rings is 1. The van der Waals surface area contributed by atoms with E-state index in [0.29, 0.717) is 6.54 Å². The maximum Gasteiger partial charge on any atom is 0.253 e. The average molecular weight is 262 g/mol. The van der Waals surface area contributed by atoms with E-state index in [0.717, 1.165) is 12.8 Å². The molecule has 0 aromatic carbocycles. The Bertz CT molecular complexity index is 436. The van der Waals surface area contributed by atoms with Crippen molar-refractivity contribution in [1.29, 1.82) is 0 Å². The first-order valence-corrected chi connectivity index (χ1v) is 5.90. The highest BCUT2D eigenvalue weighted by atomic mass is 19.2. The molecule has 0 bridgehead atoms. The van der Waals surface area contributed by atoms with Crippen molar-refractivity contribution in [2.24, 2.45) is 5.92 Å². The van der Waals surface area contributed by atoms with Crippen molar-refractivity contribution < 1.29 is 17.6 Å². The quantitative estimate of drug-likeness (QED) is 0.600. The number of rotatable bonds is 2. The summed E-state index contributed by atoms with van der Waals surface area (Å²) in [6.45, 7) is 4.21. The van der Waals surface area contributed by atoms with Gasteiger partial charge in [0.2, 0.25) is 11.6 Å². The Labute approximate surface area is 103 Å². The third kappa shape index (κ3) is 2.04. The van der Waals surface area contributed by atoms with Crippen LogP contribution in [0.4, 0.5) is 23.2 Å². The standard InChI is InChI=1S/C12H14F4N2/c1-6(2)7-4-3-5-18(7)10-8(13)11(15)17-12(16)9(10)14/h6-7H,3-5H2,1-2H3/t7-/m0/s1. The number of halogens is 4. The number of hydrogen-bond donors (Lipinski definition) is 0. The molecule has 0 spiro atoms. The maximum absolute atomic E-state index is 13.6. The lowest BCUT2D eigenvalue weighted by molar-refractivity contribution is 0.398. The molecule has 2 rings (SSSR count). The van der Waals surface area contributed by atoms with E-state index in [1.807, 2.05) is 13.8 Å². The van der Waals surface area contributed by atoms with Crippen molar-refractivity contribution in [3.05, 3.63) is 23.5 Å². The van der Waals surface area contributed by atoms with E-state index in [9.17, 15) is 17.6 Å². The second kappa shape index (κ2) is 4.74. The molecule has 18 heavy (non-hydrogen) atoms. The molecule has 0 radical (unpaired) electrons. The Morgan fingerprint density at radius 3 is 2.17 bits per heavy atom. The summed E-state index contributed by atoms with van der Waals surface area (Å²) in [5.41, 5.74) is -0.629. The largest absolute Gasteiger partial charge is 0.363 e. The van der Waals surface area contributed by atoms with Gasteiger partial charge in [0.15, 0.2) is 0 Å². The van der Waals surface area contributed by atoms with E-state index in [2.05, 4.69) is 4.98 Å². The molecule has 1 atom stereocenters. The normalized spacial score (nSPS) is 19.9. The summed E-state index contributed by atoms with van der Waals surface area (Å²) in [6, 6.07) is -0.116. The molecule has 1 aliphatic rings. The molecule has 0 aliphatic carbocycles. The summed E-state index contributed by atoms with van der Waals surface area (Å²) in [5.74, 6) is -5.88. The Kier molecular flexibility index (Phi) is 3.45. The Morgan fingerprint density at radius 1 is 1.11 bits per heavy atom. The Balaban J connectivity index is 2.50. The third-order valence-electron chi connectivity index (χ3n) is 3.33. The summed E-state index contributed by atoms with van der Waals surface area (Å²) >= 11 is 0. The number of nitrogens with zero attached hydrogens (tertiary/aromatic N) is 2. The summed E-state index contributed by atoms with van der Waals surface area (Å²) in [5, 5.41) is 0. The summed E-state index contributed by atoms with van der Waals surface area (Å²) < 4.78 is 53.5. The van der Waals surface area contributed by atoms with Crippen LogP contribution in [0.25, 0.3) is 0 Å². The van der Waals surface area contributed by atoms with Crippen LogP contribution in [-0.2, 0) is 0 Å². The summed E-state index contributed by atoms with van der Waals surface area (Å²) in [4.78, 5) is 3.97. The van der Waals surface area contributed by atoms with E-state index < -0.39 is 29.2 Å². The lowest BCUT2D eigenvalue weighted by atomic mass is 10.0. The van der Waals surface area contributed by atoms with Crippen LogP contribution in [0.5, 0.6) is 0 Å². The number of hydrogen-bond acceptors (Lipinski definition) is 2. The zero-order valence-corrected chi connectivity index (χ0v) is 10.2. The van der Waals surface area contributed by atoms with Gasteiger partial charge < -0.3 is 4.90 Å². The maximum atomic E-state index is 13.6. The van der Waals surface area contributed by atoms with Crippen LogP contribution in [0.15, 0.2) is 0 Å². The van der Waals surface area contributed by atoms with Crippen molar-refractivity contribution in [3.63, 3.8) is 0 Å². The lowest BCUT2D eigenvalue weighted by Gasteiger charge is -2.30. The average Bonchev–Trinajstić information content (AvgIpc) is 2.76. The van der Waals surface area contributed by atoms with Gasteiger partial charge in [0.1, 0.15) is 5.69 Å². The number of anilines is 1. The molecule has 2 heterocycles. The van der Waals surface area contributed by atoms with Gasteiger partial charge in [0.05, 0.1) is 0 Å². The highest BCUT2D eigenvalue weighted by Crippen LogP contribution is 2.34. The highest BCUT2D eigenvalue weighted by Gasteiger charge is 2.34. The molecule has 0 unspecified atom stereocenters. The van der Waals surface area contributed by atoms with Crippen molar-refractivity contribution in [2.75, 3.05) is 11.4 Å². The molecular weight excluding hydrogens is 248 g/mol. The lowest BCUT2D eigenvalue weighted by Crippen LogP contribution is -2.35. The monoisotopic (exact) mass is 262 g/mol. The SMILES string of the molecule is CC(C)[C@@H]1CCCN1c1c(F)c(F)nc(F)c1F. The summed E-state index contributed by atoms with van der Waals surface area (Å²) in [6.07, 6.45) is 1.50. The van der Waals surface area contributed by atoms with Gasteiger partial charge >= 0.3 is 0 Å². The van der Waals surface area contributed by atoms with Gasteiger partial charge in [0.25, 0.3) is 11.9 Å². The van der Waals surface area contributed by atoms with E-state index in [1.54, 1.807) is 0 Å². The second-order valence-corrected chi connectivity index (χ2v) is 4.82. The first-order valence-electron chi connectivity index (χ1n) is 5.90. The first-order chi connectivity index (χ1) is 8.43. The van der Waals surface area contributed by atoms with Gasteiger partial charge in [-0.2, -0.15) is 22.5 Å². The van der Waals surface area contributed by atoms with Crippen LogP contribution in [0.1, 0.15) is 26.7 Å². The van der Waals surface area contributed by atoms with E-state index in [4.69, 9.17) is 0 Å². The zero-order chi connectivity index (χ0) is 13.4. The Morgan fingerprint density at radius 2 is 1.67 bits per heavy atom. The fourth-order valence-electron chi connectivity index (χ4n) is 2.49. The van der Waals surface area contributed by atoms with Crippen molar-refractivity contribution in [1.82, 2.24) is 4.98 Å². The van der Waals surface area contributed by atoms with E-state index in [1.165, 1.54) is 4.90 Å². The molecule has 1 aliphatic heterocycles. The molecule has 1 aromatic heterocycles. The Hall–Kier alpha value is -1.33.